The second-order valence-electron chi connectivity index (χ2n) is 6.09. The van der Waals surface area contributed by atoms with E-state index in [2.05, 4.69) is 45.0 Å². The van der Waals surface area contributed by atoms with Gasteiger partial charge in [0.2, 0.25) is 0 Å². The van der Waals surface area contributed by atoms with E-state index in [0.717, 1.165) is 12.1 Å². The van der Waals surface area contributed by atoms with Gasteiger partial charge in [-0.25, -0.2) is 0 Å². The summed E-state index contributed by atoms with van der Waals surface area (Å²) in [4.78, 5) is 2.18. The lowest BCUT2D eigenvalue weighted by molar-refractivity contribution is 0.178. The molecule has 0 saturated carbocycles. The van der Waals surface area contributed by atoms with E-state index < -0.39 is 6.10 Å². The Labute approximate surface area is 128 Å². The molecule has 2 aromatic rings. The molecule has 0 radical (unpaired) electrons. The summed E-state index contributed by atoms with van der Waals surface area (Å²) in [6.45, 7) is 5.18. The number of hydrogen-bond donors (Lipinski definition) is 1. The van der Waals surface area contributed by atoms with Crippen molar-refractivity contribution in [3.8, 4) is 0 Å². The van der Waals surface area contributed by atoms with Crippen LogP contribution in [0.25, 0.3) is 0 Å². The summed E-state index contributed by atoms with van der Waals surface area (Å²) in [6, 6.07) is 14.3. The zero-order valence-corrected chi connectivity index (χ0v) is 13.4. The zero-order chi connectivity index (χ0) is 15.4. The molecular formula is C19H25NO. The predicted molar refractivity (Wildman–Crippen MR) is 88.4 cm³/mol. The third-order valence-corrected chi connectivity index (χ3v) is 3.78. The molecule has 0 aliphatic heterocycles. The van der Waals surface area contributed by atoms with Crippen LogP contribution < -0.4 is 0 Å². The van der Waals surface area contributed by atoms with E-state index in [1.165, 1.54) is 22.3 Å². The van der Waals surface area contributed by atoms with Crippen molar-refractivity contribution in [2.24, 2.45) is 0 Å². The lowest BCUT2D eigenvalue weighted by atomic mass is 9.92. The van der Waals surface area contributed by atoms with E-state index in [-0.39, 0.29) is 0 Å². The molecule has 112 valence electrons. The molecule has 2 rings (SSSR count). The maximum absolute atomic E-state index is 10.5. The van der Waals surface area contributed by atoms with Crippen LogP contribution in [0.5, 0.6) is 0 Å². The number of aliphatic hydroxyl groups excluding tert-OH is 1. The quantitative estimate of drug-likeness (QED) is 0.905. The van der Waals surface area contributed by atoms with Crippen LogP contribution in [0, 0.1) is 13.8 Å². The Bertz CT molecular complexity index is 590. The van der Waals surface area contributed by atoms with E-state index >= 15 is 0 Å². The molecule has 1 atom stereocenters. The maximum Gasteiger partial charge on any atom is 0.0830 e. The Morgan fingerprint density at radius 3 is 2.33 bits per heavy atom. The first kappa shape index (κ1) is 15.7. The highest BCUT2D eigenvalue weighted by Crippen LogP contribution is 2.24. The van der Waals surface area contributed by atoms with Crippen LogP contribution in [0.2, 0.25) is 0 Å². The molecule has 0 unspecified atom stereocenters. The maximum atomic E-state index is 10.5. The standard InChI is InChI=1S/C19H25NO/c1-14-10-15(2)18(13-20(3)4)17(11-14)12-19(21)16-8-6-5-7-9-16/h5-11,19,21H,12-13H2,1-4H3/t19-/m1/s1. The average Bonchev–Trinajstić information content (AvgIpc) is 2.43. The normalized spacial score (nSPS) is 12.7. The SMILES string of the molecule is Cc1cc(C)c(CN(C)C)c(C[C@@H](O)c2ccccc2)c1. The van der Waals surface area contributed by atoms with Gasteiger partial charge in [-0.1, -0.05) is 48.0 Å². The first-order chi connectivity index (χ1) is 9.97. The highest BCUT2D eigenvalue weighted by Gasteiger charge is 2.14. The molecule has 21 heavy (non-hydrogen) atoms. The number of aryl methyl sites for hydroxylation is 2. The molecule has 0 aliphatic rings. The third kappa shape index (κ3) is 4.16. The Balaban J connectivity index is 2.30. The highest BCUT2D eigenvalue weighted by atomic mass is 16.3. The van der Waals surface area contributed by atoms with Gasteiger partial charge in [-0.3, -0.25) is 0 Å². The van der Waals surface area contributed by atoms with Crippen molar-refractivity contribution in [3.63, 3.8) is 0 Å². The Kier molecular flexibility index (Phi) is 5.16. The van der Waals surface area contributed by atoms with Crippen LogP contribution in [-0.4, -0.2) is 24.1 Å². The fourth-order valence-corrected chi connectivity index (χ4v) is 2.81. The fourth-order valence-electron chi connectivity index (χ4n) is 2.81. The van der Waals surface area contributed by atoms with Gasteiger partial charge >= 0.3 is 0 Å². The topological polar surface area (TPSA) is 23.5 Å². The monoisotopic (exact) mass is 283 g/mol. The minimum Gasteiger partial charge on any atom is -0.388 e. The van der Waals surface area contributed by atoms with Crippen LogP contribution in [-0.2, 0) is 13.0 Å². The van der Waals surface area contributed by atoms with Gasteiger partial charge in [-0.05, 0) is 50.2 Å². The summed E-state index contributed by atoms with van der Waals surface area (Å²) >= 11 is 0. The average molecular weight is 283 g/mol. The molecule has 0 heterocycles. The van der Waals surface area contributed by atoms with Crippen LogP contribution in [0.4, 0.5) is 0 Å². The molecule has 0 bridgehead atoms. The predicted octanol–water partition coefficient (Wildman–Crippen LogP) is 3.64. The van der Waals surface area contributed by atoms with Gasteiger partial charge in [0, 0.05) is 13.0 Å². The number of hydrogen-bond acceptors (Lipinski definition) is 2. The Hall–Kier alpha value is -1.64. The molecule has 2 aromatic carbocycles. The van der Waals surface area contributed by atoms with Crippen molar-refractivity contribution in [3.05, 3.63) is 70.3 Å². The van der Waals surface area contributed by atoms with E-state index in [9.17, 15) is 5.11 Å². The summed E-state index contributed by atoms with van der Waals surface area (Å²) in [6.07, 6.45) is 0.212. The van der Waals surface area contributed by atoms with Crippen molar-refractivity contribution in [1.29, 1.82) is 0 Å². The summed E-state index contributed by atoms with van der Waals surface area (Å²) in [7, 11) is 4.16. The number of benzene rings is 2. The third-order valence-electron chi connectivity index (χ3n) is 3.78. The van der Waals surface area contributed by atoms with E-state index in [1.807, 2.05) is 30.3 Å². The molecule has 2 heteroatoms. The molecule has 0 saturated heterocycles. The van der Waals surface area contributed by atoms with E-state index in [4.69, 9.17) is 0 Å². The molecule has 2 nitrogen and oxygen atoms in total. The molecular weight excluding hydrogens is 258 g/mol. The largest absolute Gasteiger partial charge is 0.388 e. The fraction of sp³-hybridized carbons (Fsp3) is 0.368. The van der Waals surface area contributed by atoms with Gasteiger partial charge in [-0.2, -0.15) is 0 Å². The molecule has 0 aromatic heterocycles. The number of rotatable bonds is 5. The smallest absolute Gasteiger partial charge is 0.0830 e. The van der Waals surface area contributed by atoms with Gasteiger partial charge in [0.15, 0.2) is 0 Å². The Morgan fingerprint density at radius 2 is 1.71 bits per heavy atom. The Morgan fingerprint density at radius 1 is 1.05 bits per heavy atom. The summed E-state index contributed by atoms with van der Waals surface area (Å²) in [5.41, 5.74) is 6.12. The van der Waals surface area contributed by atoms with E-state index in [1.54, 1.807) is 0 Å². The lowest BCUT2D eigenvalue weighted by Gasteiger charge is -2.20. The van der Waals surface area contributed by atoms with Crippen molar-refractivity contribution in [2.45, 2.75) is 32.9 Å². The second-order valence-corrected chi connectivity index (χ2v) is 6.09. The molecule has 0 fully saturated rings. The van der Waals surface area contributed by atoms with Crippen LogP contribution in [0.3, 0.4) is 0 Å². The zero-order valence-electron chi connectivity index (χ0n) is 13.4. The van der Waals surface area contributed by atoms with Gasteiger partial charge in [0.1, 0.15) is 0 Å². The highest BCUT2D eigenvalue weighted by molar-refractivity contribution is 5.39. The number of nitrogens with zero attached hydrogens (tertiary/aromatic N) is 1. The van der Waals surface area contributed by atoms with Crippen LogP contribution in [0.1, 0.15) is 33.9 Å². The molecule has 0 spiro atoms. The first-order valence-electron chi connectivity index (χ1n) is 7.44. The van der Waals surface area contributed by atoms with Gasteiger partial charge < -0.3 is 10.0 Å². The van der Waals surface area contributed by atoms with Crippen molar-refractivity contribution in [2.75, 3.05) is 14.1 Å². The molecule has 0 amide bonds. The van der Waals surface area contributed by atoms with Crippen molar-refractivity contribution >= 4 is 0 Å². The molecule has 1 N–H and O–H groups in total. The van der Waals surface area contributed by atoms with Crippen LogP contribution in [0.15, 0.2) is 42.5 Å². The second kappa shape index (κ2) is 6.88. The van der Waals surface area contributed by atoms with Gasteiger partial charge in [-0.15, -0.1) is 0 Å². The minimum absolute atomic E-state index is 0.451. The molecule has 0 aliphatic carbocycles. The summed E-state index contributed by atoms with van der Waals surface area (Å²) < 4.78 is 0. The van der Waals surface area contributed by atoms with Crippen molar-refractivity contribution < 1.29 is 5.11 Å². The van der Waals surface area contributed by atoms with Gasteiger partial charge in [0.25, 0.3) is 0 Å². The number of aliphatic hydroxyl groups is 1. The summed E-state index contributed by atoms with van der Waals surface area (Å²) in [5, 5.41) is 10.5. The van der Waals surface area contributed by atoms with E-state index in [0.29, 0.717) is 6.42 Å². The summed E-state index contributed by atoms with van der Waals surface area (Å²) in [5.74, 6) is 0. The van der Waals surface area contributed by atoms with Crippen LogP contribution >= 0.6 is 0 Å². The van der Waals surface area contributed by atoms with Gasteiger partial charge in [0.05, 0.1) is 6.10 Å². The first-order valence-corrected chi connectivity index (χ1v) is 7.44. The lowest BCUT2D eigenvalue weighted by Crippen LogP contribution is -2.15. The minimum atomic E-state index is -0.451. The van der Waals surface area contributed by atoms with Crippen molar-refractivity contribution in [1.82, 2.24) is 4.90 Å².